The standard InChI is InChI=1S/C2H5FNO2S/c1-4-7(5,6)2-3/h2H2,1H3/q-1. The first kappa shape index (κ1) is 6.84. The van der Waals surface area contributed by atoms with Gasteiger partial charge >= 0.3 is 0 Å². The topological polar surface area (TPSA) is 48.2 Å². The molecule has 0 fully saturated rings. The molecule has 0 aromatic heterocycles. The van der Waals surface area contributed by atoms with Crippen molar-refractivity contribution < 1.29 is 12.8 Å². The molecule has 0 aliphatic carbocycles. The molecule has 0 amide bonds. The third-order valence-electron chi connectivity index (χ3n) is 0.416. The third-order valence-corrected chi connectivity index (χ3v) is 1.25. The summed E-state index contributed by atoms with van der Waals surface area (Å²) in [5.41, 5.74) is 0. The molecule has 0 bridgehead atoms. The van der Waals surface area contributed by atoms with E-state index in [4.69, 9.17) is 0 Å². The molecular weight excluding hydrogens is 121 g/mol. The average molecular weight is 126 g/mol. The minimum Gasteiger partial charge on any atom is -0.549 e. The molecule has 0 N–H and O–H groups in total. The molecule has 0 atom stereocenters. The fourth-order valence-electron chi connectivity index (χ4n) is 0.0488. The maximum atomic E-state index is 11.1. The van der Waals surface area contributed by atoms with E-state index in [-0.39, 0.29) is 0 Å². The fourth-order valence-corrected chi connectivity index (χ4v) is 0.146. The molecule has 0 spiro atoms. The fraction of sp³-hybridized carbons (Fsp3) is 1.00. The molecular formula is C2H5FNO2S-. The third kappa shape index (κ3) is 2.52. The van der Waals surface area contributed by atoms with Crippen molar-refractivity contribution in [1.29, 1.82) is 0 Å². The molecule has 44 valence electrons. The lowest BCUT2D eigenvalue weighted by Crippen LogP contribution is -1.96. The van der Waals surface area contributed by atoms with Crippen LogP contribution in [0.25, 0.3) is 4.72 Å². The molecule has 0 rings (SSSR count). The average Bonchev–Trinajstić information content (AvgIpc) is 1.68. The van der Waals surface area contributed by atoms with Crippen LogP contribution in [0.4, 0.5) is 4.39 Å². The molecule has 0 aromatic rings. The Hall–Kier alpha value is -0.160. The van der Waals surface area contributed by atoms with E-state index in [1.165, 1.54) is 0 Å². The van der Waals surface area contributed by atoms with Crippen LogP contribution in [0.5, 0.6) is 0 Å². The largest absolute Gasteiger partial charge is 0.549 e. The van der Waals surface area contributed by atoms with Crippen molar-refractivity contribution in [2.75, 3.05) is 13.1 Å². The summed E-state index contributed by atoms with van der Waals surface area (Å²) in [5, 5.41) is 0. The molecule has 0 radical (unpaired) electrons. The minimum atomic E-state index is -3.70. The van der Waals surface area contributed by atoms with Crippen molar-refractivity contribution in [3.8, 4) is 0 Å². The van der Waals surface area contributed by atoms with E-state index in [9.17, 15) is 12.8 Å². The highest BCUT2D eigenvalue weighted by Crippen LogP contribution is 1.95. The second-order valence-corrected chi connectivity index (χ2v) is 2.62. The Labute approximate surface area is 41.6 Å². The van der Waals surface area contributed by atoms with Gasteiger partial charge in [-0.25, -0.2) is 12.8 Å². The second kappa shape index (κ2) is 2.23. The maximum Gasteiger partial charge on any atom is 0.173 e. The summed E-state index contributed by atoms with van der Waals surface area (Å²) in [6, 6.07) is -1.40. The van der Waals surface area contributed by atoms with Gasteiger partial charge in [0, 0.05) is 0 Å². The zero-order valence-electron chi connectivity index (χ0n) is 3.76. The van der Waals surface area contributed by atoms with Gasteiger partial charge in [0.15, 0.2) is 6.01 Å². The first-order chi connectivity index (χ1) is 3.12. The predicted molar refractivity (Wildman–Crippen MR) is 24.2 cm³/mol. The molecule has 3 nitrogen and oxygen atoms in total. The SMILES string of the molecule is C[N-]S(=O)(=O)CF. The minimum absolute atomic E-state index is 1.04. The summed E-state index contributed by atoms with van der Waals surface area (Å²) >= 11 is 0. The quantitative estimate of drug-likeness (QED) is 0.532. The monoisotopic (exact) mass is 126 g/mol. The van der Waals surface area contributed by atoms with Gasteiger partial charge in [0.2, 0.25) is 0 Å². The predicted octanol–water partition coefficient (Wildman–Crippen LogP) is 0.247. The Balaban J connectivity index is 3.89. The number of nitrogens with zero attached hydrogens (tertiary/aromatic N) is 1. The van der Waals surface area contributed by atoms with E-state index in [1.807, 2.05) is 0 Å². The van der Waals surface area contributed by atoms with Gasteiger partial charge in [-0.15, -0.1) is 0 Å². The molecule has 0 saturated carbocycles. The molecule has 0 heterocycles. The van der Waals surface area contributed by atoms with Crippen molar-refractivity contribution in [2.45, 2.75) is 0 Å². The Morgan fingerprint density at radius 2 is 2.14 bits per heavy atom. The number of alkyl halides is 1. The van der Waals surface area contributed by atoms with Crippen LogP contribution in [0, 0.1) is 0 Å². The molecule has 0 aromatic carbocycles. The summed E-state index contributed by atoms with van der Waals surface area (Å²) in [4.78, 5) is 0. The van der Waals surface area contributed by atoms with E-state index in [1.54, 1.807) is 0 Å². The number of sulfonamides is 1. The van der Waals surface area contributed by atoms with E-state index < -0.39 is 16.0 Å². The van der Waals surface area contributed by atoms with Gasteiger partial charge in [0.05, 0.1) is 0 Å². The van der Waals surface area contributed by atoms with Crippen LogP contribution in [-0.4, -0.2) is 21.5 Å². The lowest BCUT2D eigenvalue weighted by atomic mass is 11.6. The van der Waals surface area contributed by atoms with Crippen LogP contribution in [0.3, 0.4) is 0 Å². The lowest BCUT2D eigenvalue weighted by molar-refractivity contribution is 0.540. The van der Waals surface area contributed by atoms with Crippen molar-refractivity contribution >= 4 is 10.0 Å². The maximum absolute atomic E-state index is 11.1. The molecule has 0 unspecified atom stereocenters. The summed E-state index contributed by atoms with van der Waals surface area (Å²) < 4.78 is 33.5. The van der Waals surface area contributed by atoms with Crippen LogP contribution in [-0.2, 0) is 10.0 Å². The Bertz CT molecular complexity index is 119. The van der Waals surface area contributed by atoms with Crippen LogP contribution in [0.2, 0.25) is 0 Å². The van der Waals surface area contributed by atoms with Gasteiger partial charge in [-0.1, -0.05) is 0 Å². The van der Waals surface area contributed by atoms with Gasteiger partial charge in [-0.3, -0.25) is 0 Å². The second-order valence-electron chi connectivity index (χ2n) is 0.874. The van der Waals surface area contributed by atoms with Gasteiger partial charge in [0.1, 0.15) is 10.0 Å². The number of hydrogen-bond acceptors (Lipinski definition) is 2. The molecule has 5 heteroatoms. The van der Waals surface area contributed by atoms with E-state index in [2.05, 4.69) is 4.72 Å². The van der Waals surface area contributed by atoms with Crippen molar-refractivity contribution in [3.05, 3.63) is 4.72 Å². The van der Waals surface area contributed by atoms with Crippen LogP contribution in [0.1, 0.15) is 0 Å². The first-order valence-corrected chi connectivity index (χ1v) is 3.13. The molecule has 0 aliphatic heterocycles. The van der Waals surface area contributed by atoms with Gasteiger partial charge < -0.3 is 4.72 Å². The van der Waals surface area contributed by atoms with E-state index in [0.717, 1.165) is 7.05 Å². The number of halogens is 1. The smallest absolute Gasteiger partial charge is 0.173 e. The first-order valence-electron chi connectivity index (χ1n) is 1.52. The van der Waals surface area contributed by atoms with Crippen molar-refractivity contribution in [3.63, 3.8) is 0 Å². The number of hydrogen-bond donors (Lipinski definition) is 0. The van der Waals surface area contributed by atoms with Gasteiger partial charge in [-0.2, -0.15) is 7.05 Å². The van der Waals surface area contributed by atoms with Crippen molar-refractivity contribution in [1.82, 2.24) is 0 Å². The lowest BCUT2D eigenvalue weighted by Gasteiger charge is -2.06. The molecule has 7 heavy (non-hydrogen) atoms. The van der Waals surface area contributed by atoms with E-state index >= 15 is 0 Å². The Morgan fingerprint density at radius 3 is 2.14 bits per heavy atom. The van der Waals surface area contributed by atoms with Gasteiger partial charge in [0.25, 0.3) is 0 Å². The van der Waals surface area contributed by atoms with Crippen LogP contribution in [0.15, 0.2) is 0 Å². The highest BCUT2D eigenvalue weighted by molar-refractivity contribution is 7.93. The normalized spacial score (nSPS) is 11.7. The Kier molecular flexibility index (Phi) is 2.17. The van der Waals surface area contributed by atoms with E-state index in [0.29, 0.717) is 0 Å². The van der Waals surface area contributed by atoms with Crippen LogP contribution < -0.4 is 0 Å². The molecule has 0 aliphatic rings. The Morgan fingerprint density at radius 1 is 1.71 bits per heavy atom. The summed E-state index contributed by atoms with van der Waals surface area (Å²) in [6.45, 7) is 0. The van der Waals surface area contributed by atoms with Crippen molar-refractivity contribution in [2.24, 2.45) is 0 Å². The molecule has 0 saturated heterocycles. The highest BCUT2D eigenvalue weighted by atomic mass is 32.2. The summed E-state index contributed by atoms with van der Waals surface area (Å²) in [5.74, 6) is 0. The summed E-state index contributed by atoms with van der Waals surface area (Å²) in [7, 11) is -2.66. The highest BCUT2D eigenvalue weighted by Gasteiger charge is 1.89. The zero-order valence-corrected chi connectivity index (χ0v) is 4.57. The van der Waals surface area contributed by atoms with Crippen LogP contribution >= 0.6 is 0 Å². The zero-order chi connectivity index (χ0) is 5.91. The van der Waals surface area contributed by atoms with Gasteiger partial charge in [-0.05, 0) is 0 Å². The summed E-state index contributed by atoms with van der Waals surface area (Å²) in [6.07, 6.45) is 0. The number of rotatable bonds is 2.